The Morgan fingerprint density at radius 2 is 1.77 bits per heavy atom. The molecule has 1 fully saturated rings. The van der Waals surface area contributed by atoms with E-state index in [1.165, 1.54) is 12.1 Å². The van der Waals surface area contributed by atoms with Gasteiger partial charge in [-0.05, 0) is 42.7 Å². The largest absolute Gasteiger partial charge is 0.347 e. The summed E-state index contributed by atoms with van der Waals surface area (Å²) >= 11 is 0. The van der Waals surface area contributed by atoms with E-state index in [1.807, 2.05) is 30.3 Å². The number of likely N-dealkylation sites (tertiary alicyclic amines) is 1. The van der Waals surface area contributed by atoms with Crippen LogP contribution in [0, 0.1) is 5.82 Å². The fraction of sp³-hybridized carbons (Fsp3) is 0.304. The second-order valence-electron chi connectivity index (χ2n) is 7.56. The Morgan fingerprint density at radius 1 is 1.06 bits per heavy atom. The SMILES string of the molecule is O=C(Cc1ccccc1)NCC(=O)N1CCC(c2nc(-c3ccc(F)cc3)no2)CC1. The van der Waals surface area contributed by atoms with Gasteiger partial charge in [0.1, 0.15) is 5.82 Å². The van der Waals surface area contributed by atoms with Crippen LogP contribution in [-0.2, 0) is 16.0 Å². The minimum Gasteiger partial charge on any atom is -0.347 e. The molecule has 0 unspecified atom stereocenters. The molecule has 2 amide bonds. The molecule has 1 aliphatic heterocycles. The molecule has 1 aromatic heterocycles. The van der Waals surface area contributed by atoms with Gasteiger partial charge in [0.2, 0.25) is 23.5 Å². The number of carbonyl (C=O) groups is 2. The summed E-state index contributed by atoms with van der Waals surface area (Å²) in [4.78, 5) is 30.7. The number of piperidine rings is 1. The van der Waals surface area contributed by atoms with Crippen molar-refractivity contribution in [2.24, 2.45) is 0 Å². The number of amides is 2. The zero-order valence-corrected chi connectivity index (χ0v) is 17.0. The fourth-order valence-corrected chi connectivity index (χ4v) is 3.62. The van der Waals surface area contributed by atoms with Gasteiger partial charge in [-0.25, -0.2) is 4.39 Å². The molecule has 3 aromatic rings. The molecule has 31 heavy (non-hydrogen) atoms. The van der Waals surface area contributed by atoms with E-state index in [0.29, 0.717) is 43.2 Å². The van der Waals surface area contributed by atoms with Gasteiger partial charge in [-0.1, -0.05) is 35.5 Å². The number of nitrogens with one attached hydrogen (secondary N) is 1. The lowest BCUT2D eigenvalue weighted by Gasteiger charge is -2.30. The van der Waals surface area contributed by atoms with Crippen molar-refractivity contribution in [2.45, 2.75) is 25.2 Å². The van der Waals surface area contributed by atoms with E-state index in [2.05, 4.69) is 15.5 Å². The number of nitrogens with zero attached hydrogens (tertiary/aromatic N) is 3. The van der Waals surface area contributed by atoms with Gasteiger partial charge < -0.3 is 14.7 Å². The van der Waals surface area contributed by atoms with Crippen molar-refractivity contribution < 1.29 is 18.5 Å². The summed E-state index contributed by atoms with van der Waals surface area (Å²) in [6.07, 6.45) is 1.66. The van der Waals surface area contributed by atoms with Gasteiger partial charge in [-0.2, -0.15) is 4.98 Å². The van der Waals surface area contributed by atoms with Crippen molar-refractivity contribution in [1.29, 1.82) is 0 Å². The van der Waals surface area contributed by atoms with Crippen molar-refractivity contribution in [3.05, 3.63) is 71.9 Å². The molecule has 2 heterocycles. The number of halogens is 1. The first-order valence-electron chi connectivity index (χ1n) is 10.3. The molecule has 1 aliphatic rings. The summed E-state index contributed by atoms with van der Waals surface area (Å²) in [5, 5.41) is 6.69. The van der Waals surface area contributed by atoms with E-state index >= 15 is 0 Å². The predicted molar refractivity (Wildman–Crippen MR) is 111 cm³/mol. The summed E-state index contributed by atoms with van der Waals surface area (Å²) < 4.78 is 18.5. The number of benzene rings is 2. The molecule has 1 N–H and O–H groups in total. The van der Waals surface area contributed by atoms with Gasteiger partial charge >= 0.3 is 0 Å². The van der Waals surface area contributed by atoms with Crippen molar-refractivity contribution in [2.75, 3.05) is 19.6 Å². The highest BCUT2D eigenvalue weighted by Gasteiger charge is 2.27. The monoisotopic (exact) mass is 422 g/mol. The molecular weight excluding hydrogens is 399 g/mol. The zero-order chi connectivity index (χ0) is 21.6. The minimum atomic E-state index is -0.319. The Balaban J connectivity index is 1.24. The molecule has 0 saturated carbocycles. The van der Waals surface area contributed by atoms with Gasteiger partial charge in [-0.3, -0.25) is 9.59 Å². The van der Waals surface area contributed by atoms with Crippen LogP contribution in [0.3, 0.4) is 0 Å². The minimum absolute atomic E-state index is 0.00833. The Bertz CT molecular complexity index is 1030. The third-order valence-electron chi connectivity index (χ3n) is 5.39. The summed E-state index contributed by atoms with van der Waals surface area (Å²) in [7, 11) is 0. The summed E-state index contributed by atoms with van der Waals surface area (Å²) in [5.41, 5.74) is 1.60. The molecule has 0 radical (unpaired) electrons. The summed E-state index contributed by atoms with van der Waals surface area (Å²) in [6, 6.07) is 15.3. The van der Waals surface area contributed by atoms with Crippen LogP contribution in [0.4, 0.5) is 4.39 Å². The van der Waals surface area contributed by atoms with Crippen LogP contribution in [0.15, 0.2) is 59.1 Å². The van der Waals surface area contributed by atoms with Gasteiger partial charge in [-0.15, -0.1) is 0 Å². The average molecular weight is 422 g/mol. The van der Waals surface area contributed by atoms with Gasteiger partial charge in [0.15, 0.2) is 0 Å². The molecule has 4 rings (SSSR count). The Kier molecular flexibility index (Phi) is 6.35. The van der Waals surface area contributed by atoms with Gasteiger partial charge in [0, 0.05) is 24.6 Å². The van der Waals surface area contributed by atoms with E-state index in [-0.39, 0.29) is 36.5 Å². The molecule has 8 heteroatoms. The van der Waals surface area contributed by atoms with Crippen molar-refractivity contribution in [3.63, 3.8) is 0 Å². The topological polar surface area (TPSA) is 88.3 Å². The van der Waals surface area contributed by atoms with Crippen LogP contribution in [0.1, 0.15) is 30.2 Å². The highest BCUT2D eigenvalue weighted by Crippen LogP contribution is 2.28. The van der Waals surface area contributed by atoms with Crippen LogP contribution < -0.4 is 5.32 Å². The summed E-state index contributed by atoms with van der Waals surface area (Å²) in [6.45, 7) is 1.12. The summed E-state index contributed by atoms with van der Waals surface area (Å²) in [5.74, 6) is 0.433. The number of hydrogen-bond donors (Lipinski definition) is 1. The van der Waals surface area contributed by atoms with E-state index < -0.39 is 0 Å². The third kappa shape index (κ3) is 5.33. The molecule has 1 saturated heterocycles. The average Bonchev–Trinajstić information content (AvgIpc) is 3.29. The lowest BCUT2D eigenvalue weighted by molar-refractivity contribution is -0.133. The smallest absolute Gasteiger partial charge is 0.241 e. The van der Waals surface area contributed by atoms with Crippen LogP contribution in [-0.4, -0.2) is 46.5 Å². The first-order chi connectivity index (χ1) is 15.1. The van der Waals surface area contributed by atoms with Crippen LogP contribution >= 0.6 is 0 Å². The zero-order valence-electron chi connectivity index (χ0n) is 17.0. The molecular formula is C23H23FN4O3. The van der Waals surface area contributed by atoms with Crippen LogP contribution in [0.25, 0.3) is 11.4 Å². The predicted octanol–water partition coefficient (Wildman–Crippen LogP) is 2.94. The maximum atomic E-state index is 13.1. The van der Waals surface area contributed by atoms with Crippen molar-refractivity contribution in [1.82, 2.24) is 20.4 Å². The first kappa shape index (κ1) is 20.7. The Morgan fingerprint density at radius 3 is 2.48 bits per heavy atom. The van der Waals surface area contributed by atoms with E-state index in [9.17, 15) is 14.0 Å². The molecule has 0 atom stereocenters. The molecule has 160 valence electrons. The molecule has 2 aromatic carbocycles. The van der Waals surface area contributed by atoms with E-state index in [1.54, 1.807) is 17.0 Å². The van der Waals surface area contributed by atoms with Gasteiger partial charge in [0.05, 0.1) is 13.0 Å². The Labute approximate surface area is 179 Å². The van der Waals surface area contributed by atoms with Crippen molar-refractivity contribution in [3.8, 4) is 11.4 Å². The normalized spacial score (nSPS) is 14.4. The molecule has 0 spiro atoms. The number of rotatable bonds is 6. The maximum absolute atomic E-state index is 13.1. The lowest BCUT2D eigenvalue weighted by Crippen LogP contribution is -2.44. The Hall–Kier alpha value is -3.55. The standard InChI is InChI=1S/C23H23FN4O3/c24-19-8-6-17(7-9-19)22-26-23(31-27-22)18-10-12-28(13-11-18)21(30)15-25-20(29)14-16-4-2-1-3-5-16/h1-9,18H,10-15H2,(H,25,29). The second-order valence-corrected chi connectivity index (χ2v) is 7.56. The van der Waals surface area contributed by atoms with Crippen LogP contribution in [0.2, 0.25) is 0 Å². The van der Waals surface area contributed by atoms with Gasteiger partial charge in [0.25, 0.3) is 0 Å². The lowest BCUT2D eigenvalue weighted by atomic mass is 9.96. The van der Waals surface area contributed by atoms with Crippen molar-refractivity contribution >= 4 is 11.8 Å². The maximum Gasteiger partial charge on any atom is 0.241 e. The molecule has 0 aliphatic carbocycles. The van der Waals surface area contributed by atoms with E-state index in [4.69, 9.17) is 4.52 Å². The highest BCUT2D eigenvalue weighted by atomic mass is 19.1. The van der Waals surface area contributed by atoms with E-state index in [0.717, 1.165) is 5.56 Å². The number of hydrogen-bond acceptors (Lipinski definition) is 5. The molecule has 0 bridgehead atoms. The second kappa shape index (κ2) is 9.51. The third-order valence-corrected chi connectivity index (χ3v) is 5.39. The quantitative estimate of drug-likeness (QED) is 0.660. The first-order valence-corrected chi connectivity index (χ1v) is 10.3. The highest BCUT2D eigenvalue weighted by molar-refractivity contribution is 5.85. The number of aromatic nitrogens is 2. The van der Waals surface area contributed by atoms with Crippen LogP contribution in [0.5, 0.6) is 0 Å². The fourth-order valence-electron chi connectivity index (χ4n) is 3.62. The molecule has 7 nitrogen and oxygen atoms in total. The number of carbonyl (C=O) groups excluding carboxylic acids is 2.